The summed E-state index contributed by atoms with van der Waals surface area (Å²) in [6.07, 6.45) is 0.218. The van der Waals surface area contributed by atoms with Crippen molar-refractivity contribution in [3.63, 3.8) is 0 Å². The molecule has 154 valence electrons. The summed E-state index contributed by atoms with van der Waals surface area (Å²) < 4.78 is 10.6. The van der Waals surface area contributed by atoms with Gasteiger partial charge in [-0.3, -0.25) is 4.79 Å². The van der Waals surface area contributed by atoms with Gasteiger partial charge in [0.15, 0.2) is 5.17 Å². The number of fused-ring (bicyclic) bond motifs is 1. The molecular formula is C21H25N3O4S. The molecule has 8 heteroatoms. The molecule has 1 aromatic carbocycles. The van der Waals surface area contributed by atoms with E-state index in [9.17, 15) is 9.59 Å². The number of thioether (sulfide) groups is 1. The average Bonchev–Trinajstić information content (AvgIpc) is 3.13. The van der Waals surface area contributed by atoms with E-state index in [0.29, 0.717) is 23.6 Å². The Bertz CT molecular complexity index is 922. The van der Waals surface area contributed by atoms with Gasteiger partial charge in [0.2, 0.25) is 5.91 Å². The van der Waals surface area contributed by atoms with Crippen molar-refractivity contribution in [2.75, 3.05) is 27.8 Å². The Morgan fingerprint density at radius 3 is 2.66 bits per heavy atom. The summed E-state index contributed by atoms with van der Waals surface area (Å²) in [7, 11) is 4.73. The minimum atomic E-state index is -0.493. The van der Waals surface area contributed by atoms with E-state index in [2.05, 4.69) is 4.99 Å². The summed E-state index contributed by atoms with van der Waals surface area (Å²) in [5.74, 6) is 0.209. The number of aliphatic imine (C=N–C) groups is 1. The number of carbonyl (C=O) groups excluding carboxylic acids is 2. The maximum Gasteiger partial charge on any atom is 0.338 e. The molecule has 1 amide bonds. The highest BCUT2D eigenvalue weighted by molar-refractivity contribution is 8.16. The predicted octanol–water partition coefficient (Wildman–Crippen LogP) is 3.31. The van der Waals surface area contributed by atoms with Crippen LogP contribution in [0.1, 0.15) is 31.9 Å². The minimum Gasteiger partial charge on any atom is -0.496 e. The third-order valence-corrected chi connectivity index (χ3v) is 5.96. The monoisotopic (exact) mass is 415 g/mol. The summed E-state index contributed by atoms with van der Waals surface area (Å²) >= 11 is 1.45. The number of carbonyl (C=O) groups is 2. The van der Waals surface area contributed by atoms with Gasteiger partial charge >= 0.3 is 5.97 Å². The first kappa shape index (κ1) is 21.0. The molecule has 1 unspecified atom stereocenters. The van der Waals surface area contributed by atoms with Gasteiger partial charge in [-0.05, 0) is 25.3 Å². The quantitative estimate of drug-likeness (QED) is 0.664. The molecule has 2 aliphatic heterocycles. The molecule has 7 nitrogen and oxygen atoms in total. The average molecular weight is 416 g/mol. The van der Waals surface area contributed by atoms with Gasteiger partial charge < -0.3 is 19.3 Å². The molecule has 0 saturated heterocycles. The number of rotatable bonds is 6. The van der Waals surface area contributed by atoms with Crippen LogP contribution < -0.4 is 4.74 Å². The first-order chi connectivity index (χ1) is 13.9. The van der Waals surface area contributed by atoms with Crippen LogP contribution in [-0.4, -0.2) is 54.7 Å². The SMILES string of the molecule is CCN(C)C(=O)CC1=CSC2=NC(C)=C(C(=O)OC)C(c3ccccc3OC)N12. The van der Waals surface area contributed by atoms with E-state index < -0.39 is 12.0 Å². The maximum atomic E-state index is 12.7. The standard InChI is InChI=1S/C21H25N3O4S/c1-6-23(3)17(25)11-14-12-29-21-22-13(2)18(20(26)28-5)19(24(14)21)15-9-7-8-10-16(15)27-4/h7-10,12,19H,6,11H2,1-5H3. The Labute approximate surface area is 175 Å². The number of hydrogen-bond donors (Lipinski definition) is 0. The fourth-order valence-corrected chi connectivity index (χ4v) is 4.36. The van der Waals surface area contributed by atoms with Crippen LogP contribution in [-0.2, 0) is 14.3 Å². The zero-order valence-electron chi connectivity index (χ0n) is 17.3. The molecule has 1 aromatic rings. The highest BCUT2D eigenvalue weighted by Crippen LogP contribution is 2.46. The summed E-state index contributed by atoms with van der Waals surface area (Å²) in [5, 5.41) is 2.66. The van der Waals surface area contributed by atoms with Gasteiger partial charge in [0.1, 0.15) is 5.75 Å². The van der Waals surface area contributed by atoms with Crippen molar-refractivity contribution in [3.05, 3.63) is 52.2 Å². The maximum absolute atomic E-state index is 12.7. The Kier molecular flexibility index (Phi) is 6.32. The third kappa shape index (κ3) is 3.89. The zero-order valence-corrected chi connectivity index (χ0v) is 18.1. The molecule has 0 bridgehead atoms. The smallest absolute Gasteiger partial charge is 0.338 e. The van der Waals surface area contributed by atoms with Crippen LogP contribution in [0.3, 0.4) is 0 Å². The van der Waals surface area contributed by atoms with Crippen molar-refractivity contribution >= 4 is 28.8 Å². The number of hydrogen-bond acceptors (Lipinski definition) is 7. The largest absolute Gasteiger partial charge is 0.496 e. The van der Waals surface area contributed by atoms with Crippen LogP contribution in [0, 0.1) is 0 Å². The molecule has 0 radical (unpaired) electrons. The molecule has 1 atom stereocenters. The second kappa shape index (κ2) is 8.73. The molecule has 2 heterocycles. The summed E-state index contributed by atoms with van der Waals surface area (Å²) in [6.45, 7) is 4.36. The normalized spacial score (nSPS) is 18.1. The Morgan fingerprint density at radius 1 is 1.28 bits per heavy atom. The van der Waals surface area contributed by atoms with Crippen LogP contribution in [0.4, 0.5) is 0 Å². The number of esters is 1. The number of benzene rings is 1. The van der Waals surface area contributed by atoms with Crippen molar-refractivity contribution in [1.82, 2.24) is 9.80 Å². The van der Waals surface area contributed by atoms with Gasteiger partial charge in [-0.25, -0.2) is 9.79 Å². The second-order valence-corrected chi connectivity index (χ2v) is 7.55. The highest BCUT2D eigenvalue weighted by Gasteiger charge is 2.42. The van der Waals surface area contributed by atoms with Gasteiger partial charge in [-0.2, -0.15) is 0 Å². The van der Waals surface area contributed by atoms with Crippen LogP contribution in [0.5, 0.6) is 5.75 Å². The Morgan fingerprint density at radius 2 is 2.00 bits per heavy atom. The van der Waals surface area contributed by atoms with Gasteiger partial charge in [-0.1, -0.05) is 30.0 Å². The summed E-state index contributed by atoms with van der Waals surface area (Å²) in [4.78, 5) is 33.5. The van der Waals surface area contributed by atoms with Crippen molar-refractivity contribution < 1.29 is 19.1 Å². The van der Waals surface area contributed by atoms with Gasteiger partial charge in [0.05, 0.1) is 38.0 Å². The molecular weight excluding hydrogens is 390 g/mol. The zero-order chi connectivity index (χ0) is 21.1. The summed E-state index contributed by atoms with van der Waals surface area (Å²) in [5.41, 5.74) is 2.64. The van der Waals surface area contributed by atoms with E-state index in [-0.39, 0.29) is 12.3 Å². The first-order valence-electron chi connectivity index (χ1n) is 9.32. The molecule has 0 aliphatic carbocycles. The lowest BCUT2D eigenvalue weighted by Crippen LogP contribution is -2.38. The number of nitrogens with zero attached hydrogens (tertiary/aromatic N) is 3. The lowest BCUT2D eigenvalue weighted by Gasteiger charge is -2.36. The van der Waals surface area contributed by atoms with Gasteiger partial charge in [0.25, 0.3) is 0 Å². The van der Waals surface area contributed by atoms with Crippen molar-refractivity contribution in [2.24, 2.45) is 4.99 Å². The fraction of sp³-hybridized carbons (Fsp3) is 0.381. The van der Waals surface area contributed by atoms with E-state index in [4.69, 9.17) is 9.47 Å². The highest BCUT2D eigenvalue weighted by atomic mass is 32.2. The minimum absolute atomic E-state index is 0.00488. The van der Waals surface area contributed by atoms with E-state index in [1.165, 1.54) is 18.9 Å². The Balaban J connectivity index is 2.11. The lowest BCUT2D eigenvalue weighted by molar-refractivity contribution is -0.136. The van der Waals surface area contributed by atoms with Crippen LogP contribution in [0.15, 0.2) is 51.6 Å². The third-order valence-electron chi connectivity index (χ3n) is 5.07. The predicted molar refractivity (Wildman–Crippen MR) is 113 cm³/mol. The first-order valence-corrected chi connectivity index (χ1v) is 10.2. The van der Waals surface area contributed by atoms with Crippen LogP contribution in [0.25, 0.3) is 0 Å². The molecule has 0 fully saturated rings. The Hall–Kier alpha value is -2.74. The molecule has 2 aliphatic rings. The topological polar surface area (TPSA) is 71.4 Å². The van der Waals surface area contributed by atoms with E-state index >= 15 is 0 Å². The van der Waals surface area contributed by atoms with E-state index in [0.717, 1.165) is 16.4 Å². The van der Waals surface area contributed by atoms with E-state index in [1.807, 2.05) is 41.5 Å². The number of para-hydroxylation sites is 1. The molecule has 29 heavy (non-hydrogen) atoms. The van der Waals surface area contributed by atoms with E-state index in [1.54, 1.807) is 26.0 Å². The lowest BCUT2D eigenvalue weighted by atomic mass is 9.93. The van der Waals surface area contributed by atoms with Crippen LogP contribution in [0.2, 0.25) is 0 Å². The molecule has 0 aromatic heterocycles. The number of ether oxygens (including phenoxy) is 2. The van der Waals surface area contributed by atoms with Gasteiger partial charge in [0, 0.05) is 24.9 Å². The number of methoxy groups -OCH3 is 2. The molecule has 0 N–H and O–H groups in total. The van der Waals surface area contributed by atoms with Crippen molar-refractivity contribution in [1.29, 1.82) is 0 Å². The van der Waals surface area contributed by atoms with Crippen LogP contribution >= 0.6 is 11.8 Å². The van der Waals surface area contributed by atoms with Crippen molar-refractivity contribution in [2.45, 2.75) is 26.3 Å². The fourth-order valence-electron chi connectivity index (χ4n) is 3.39. The van der Waals surface area contributed by atoms with Crippen molar-refractivity contribution in [3.8, 4) is 5.75 Å². The second-order valence-electron chi connectivity index (χ2n) is 6.71. The molecule has 0 spiro atoms. The number of amidine groups is 1. The van der Waals surface area contributed by atoms with Gasteiger partial charge in [-0.15, -0.1) is 0 Å². The summed E-state index contributed by atoms with van der Waals surface area (Å²) in [6, 6.07) is 7.06. The number of allylic oxidation sites excluding steroid dienone is 1. The number of amides is 1. The molecule has 3 rings (SSSR count). The molecule has 0 saturated carbocycles.